The molecule has 2 rings (SSSR count). The molecule has 0 N–H and O–H groups in total. The van der Waals surface area contributed by atoms with Crippen LogP contribution in [0.1, 0.15) is 37.9 Å². The van der Waals surface area contributed by atoms with Gasteiger partial charge in [-0.3, -0.25) is 0 Å². The molecule has 1 aromatic rings. The van der Waals surface area contributed by atoms with E-state index >= 15 is 0 Å². The van der Waals surface area contributed by atoms with Gasteiger partial charge in [0.2, 0.25) is 0 Å². The molecule has 72 valence electrons. The molecule has 0 unspecified atom stereocenters. The molecule has 0 aliphatic heterocycles. The molecule has 0 aromatic carbocycles. The average Bonchev–Trinajstić information content (AvgIpc) is 2.53. The molecule has 0 radical (unpaired) electrons. The normalized spacial score (nSPS) is 19.2. The van der Waals surface area contributed by atoms with Gasteiger partial charge in [-0.05, 0) is 30.9 Å². The topological polar surface area (TPSA) is 43.6 Å². The summed E-state index contributed by atoms with van der Waals surface area (Å²) in [7, 11) is 0. The van der Waals surface area contributed by atoms with E-state index in [2.05, 4.69) is 15.4 Å². The summed E-state index contributed by atoms with van der Waals surface area (Å²) in [6.07, 6.45) is 6.82. The zero-order valence-electron chi connectivity index (χ0n) is 8.11. The smallest absolute Gasteiger partial charge is 0.164 e. The summed E-state index contributed by atoms with van der Waals surface area (Å²) in [5, 5.41) is 12.0. The Morgan fingerprint density at radius 1 is 1.31 bits per heavy atom. The lowest BCUT2D eigenvalue weighted by molar-refractivity contribution is 0.291. The number of hydrogen-bond donors (Lipinski definition) is 0. The summed E-state index contributed by atoms with van der Waals surface area (Å²) in [4.78, 5) is 1.74. The SMILES string of the molecule is Cc1nnn(CC2CCCCC2)n1. The fourth-order valence-electron chi connectivity index (χ4n) is 2.00. The van der Waals surface area contributed by atoms with Crippen molar-refractivity contribution in [2.24, 2.45) is 5.92 Å². The highest BCUT2D eigenvalue weighted by Gasteiger charge is 2.14. The van der Waals surface area contributed by atoms with E-state index in [1.165, 1.54) is 32.1 Å². The summed E-state index contributed by atoms with van der Waals surface area (Å²) in [6, 6.07) is 0. The first kappa shape index (κ1) is 8.66. The molecule has 1 fully saturated rings. The number of rotatable bonds is 2. The van der Waals surface area contributed by atoms with Gasteiger partial charge in [-0.15, -0.1) is 10.2 Å². The van der Waals surface area contributed by atoms with Gasteiger partial charge in [0.25, 0.3) is 0 Å². The van der Waals surface area contributed by atoms with Crippen LogP contribution >= 0.6 is 0 Å². The van der Waals surface area contributed by atoms with Crippen molar-refractivity contribution < 1.29 is 0 Å². The number of aromatic nitrogens is 4. The molecular formula is C9H16N4. The van der Waals surface area contributed by atoms with Gasteiger partial charge in [0, 0.05) is 0 Å². The second-order valence-electron chi connectivity index (χ2n) is 3.90. The molecule has 0 spiro atoms. The van der Waals surface area contributed by atoms with Crippen molar-refractivity contribution in [1.82, 2.24) is 20.2 Å². The second kappa shape index (κ2) is 3.85. The van der Waals surface area contributed by atoms with Gasteiger partial charge >= 0.3 is 0 Å². The van der Waals surface area contributed by atoms with Crippen LogP contribution in [0.3, 0.4) is 0 Å². The minimum Gasteiger partial charge on any atom is -0.164 e. The predicted molar refractivity (Wildman–Crippen MR) is 49.1 cm³/mol. The Labute approximate surface area is 78.3 Å². The minimum absolute atomic E-state index is 0.774. The van der Waals surface area contributed by atoms with Gasteiger partial charge in [0.15, 0.2) is 5.82 Å². The lowest BCUT2D eigenvalue weighted by Gasteiger charge is -2.20. The summed E-state index contributed by atoms with van der Waals surface area (Å²) >= 11 is 0. The molecule has 0 atom stereocenters. The summed E-state index contributed by atoms with van der Waals surface area (Å²) in [5.41, 5.74) is 0. The molecule has 1 aromatic heterocycles. The maximum atomic E-state index is 4.20. The van der Waals surface area contributed by atoms with Gasteiger partial charge in [-0.2, -0.15) is 4.80 Å². The first-order valence-corrected chi connectivity index (χ1v) is 5.09. The number of nitrogens with zero attached hydrogens (tertiary/aromatic N) is 4. The first-order chi connectivity index (χ1) is 6.34. The number of aryl methyl sites for hydroxylation is 1. The van der Waals surface area contributed by atoms with E-state index in [4.69, 9.17) is 0 Å². The van der Waals surface area contributed by atoms with Crippen LogP contribution in [0.4, 0.5) is 0 Å². The zero-order chi connectivity index (χ0) is 9.10. The van der Waals surface area contributed by atoms with Gasteiger partial charge in [0.05, 0.1) is 6.54 Å². The lowest BCUT2D eigenvalue weighted by Crippen LogP contribution is -2.16. The summed E-state index contributed by atoms with van der Waals surface area (Å²) in [5.74, 6) is 1.55. The zero-order valence-corrected chi connectivity index (χ0v) is 8.11. The van der Waals surface area contributed by atoms with Crippen LogP contribution in [-0.4, -0.2) is 20.2 Å². The van der Waals surface area contributed by atoms with E-state index in [1.807, 2.05) is 6.92 Å². The molecule has 1 heterocycles. The van der Waals surface area contributed by atoms with Gasteiger partial charge in [-0.25, -0.2) is 0 Å². The highest BCUT2D eigenvalue weighted by atomic mass is 15.6. The predicted octanol–water partition coefficient (Wildman–Crippen LogP) is 1.56. The van der Waals surface area contributed by atoms with Crippen LogP contribution in [0.25, 0.3) is 0 Å². The van der Waals surface area contributed by atoms with Crippen molar-refractivity contribution in [2.45, 2.75) is 45.6 Å². The van der Waals surface area contributed by atoms with Crippen molar-refractivity contribution >= 4 is 0 Å². The van der Waals surface area contributed by atoms with E-state index in [0.717, 1.165) is 18.3 Å². The average molecular weight is 180 g/mol. The Bertz CT molecular complexity index is 262. The van der Waals surface area contributed by atoms with E-state index in [1.54, 1.807) is 4.80 Å². The molecule has 0 saturated heterocycles. The van der Waals surface area contributed by atoms with Crippen molar-refractivity contribution in [1.29, 1.82) is 0 Å². The Balaban J connectivity index is 1.89. The molecular weight excluding hydrogens is 164 g/mol. The maximum absolute atomic E-state index is 4.20. The summed E-state index contributed by atoms with van der Waals surface area (Å²) in [6.45, 7) is 2.84. The third-order valence-electron chi connectivity index (χ3n) is 2.70. The van der Waals surface area contributed by atoms with Crippen LogP contribution < -0.4 is 0 Å². The quantitative estimate of drug-likeness (QED) is 0.693. The van der Waals surface area contributed by atoms with E-state index in [0.29, 0.717) is 0 Å². The Morgan fingerprint density at radius 2 is 2.08 bits per heavy atom. The van der Waals surface area contributed by atoms with Crippen LogP contribution in [-0.2, 0) is 6.54 Å². The van der Waals surface area contributed by atoms with Crippen LogP contribution in [0.15, 0.2) is 0 Å². The van der Waals surface area contributed by atoms with Crippen LogP contribution in [0.5, 0.6) is 0 Å². The molecule has 4 heteroatoms. The van der Waals surface area contributed by atoms with E-state index in [-0.39, 0.29) is 0 Å². The fraction of sp³-hybridized carbons (Fsp3) is 0.889. The Kier molecular flexibility index (Phi) is 2.57. The fourth-order valence-corrected chi connectivity index (χ4v) is 2.00. The molecule has 1 aliphatic carbocycles. The minimum atomic E-state index is 0.774. The Morgan fingerprint density at radius 3 is 2.69 bits per heavy atom. The van der Waals surface area contributed by atoms with Gasteiger partial charge in [-0.1, -0.05) is 19.3 Å². The monoisotopic (exact) mass is 180 g/mol. The van der Waals surface area contributed by atoms with Crippen LogP contribution in [0.2, 0.25) is 0 Å². The maximum Gasteiger partial charge on any atom is 0.171 e. The second-order valence-corrected chi connectivity index (χ2v) is 3.90. The number of tetrazole rings is 1. The molecule has 0 bridgehead atoms. The molecule has 4 nitrogen and oxygen atoms in total. The molecule has 1 saturated carbocycles. The van der Waals surface area contributed by atoms with Crippen molar-refractivity contribution in [3.8, 4) is 0 Å². The van der Waals surface area contributed by atoms with Crippen molar-refractivity contribution in [3.63, 3.8) is 0 Å². The first-order valence-electron chi connectivity index (χ1n) is 5.09. The van der Waals surface area contributed by atoms with Crippen molar-refractivity contribution in [2.75, 3.05) is 0 Å². The Hall–Kier alpha value is -0.930. The third kappa shape index (κ3) is 2.26. The molecule has 0 amide bonds. The lowest BCUT2D eigenvalue weighted by atomic mass is 9.89. The summed E-state index contributed by atoms with van der Waals surface area (Å²) < 4.78 is 0. The highest BCUT2D eigenvalue weighted by Crippen LogP contribution is 2.24. The van der Waals surface area contributed by atoms with Crippen LogP contribution in [0, 0.1) is 12.8 Å². The molecule has 1 aliphatic rings. The van der Waals surface area contributed by atoms with Gasteiger partial charge in [0.1, 0.15) is 0 Å². The molecule has 13 heavy (non-hydrogen) atoms. The van der Waals surface area contributed by atoms with Gasteiger partial charge < -0.3 is 0 Å². The largest absolute Gasteiger partial charge is 0.171 e. The van der Waals surface area contributed by atoms with Crippen molar-refractivity contribution in [3.05, 3.63) is 5.82 Å². The standard InChI is InChI=1S/C9H16N4/c1-8-10-12-13(11-8)7-9-5-3-2-4-6-9/h9H,2-7H2,1H3. The van der Waals surface area contributed by atoms with E-state index < -0.39 is 0 Å². The number of hydrogen-bond acceptors (Lipinski definition) is 3. The third-order valence-corrected chi connectivity index (χ3v) is 2.70. The highest BCUT2D eigenvalue weighted by molar-refractivity contribution is 4.69. The van der Waals surface area contributed by atoms with E-state index in [9.17, 15) is 0 Å².